The molecule has 2 aromatic carbocycles. The summed E-state index contributed by atoms with van der Waals surface area (Å²) < 4.78 is 32.1. The first-order valence-corrected chi connectivity index (χ1v) is 10.7. The lowest BCUT2D eigenvalue weighted by atomic mass is 10.1. The van der Waals surface area contributed by atoms with Gasteiger partial charge in [0.05, 0.1) is 23.6 Å². The van der Waals surface area contributed by atoms with E-state index in [1.54, 1.807) is 13.8 Å². The third-order valence-electron chi connectivity index (χ3n) is 4.70. The lowest BCUT2D eigenvalue weighted by molar-refractivity contribution is -0.115. The minimum Gasteiger partial charge on any atom is -0.506 e. The molecule has 7 nitrogen and oxygen atoms in total. The minimum atomic E-state index is -3.68. The molecular formula is C20H24N2O5S. The monoisotopic (exact) mass is 404 g/mol. The average Bonchev–Trinajstić information content (AvgIpc) is 3.12. The molecule has 0 saturated carbocycles. The van der Waals surface area contributed by atoms with Gasteiger partial charge in [-0.2, -0.15) is 4.31 Å². The summed E-state index contributed by atoms with van der Waals surface area (Å²) in [6, 6.07) is 9.50. The van der Waals surface area contributed by atoms with Crippen LogP contribution in [0.15, 0.2) is 41.3 Å². The van der Waals surface area contributed by atoms with Crippen molar-refractivity contribution in [3.05, 3.63) is 47.5 Å². The Morgan fingerprint density at radius 2 is 1.93 bits per heavy atom. The predicted molar refractivity (Wildman–Crippen MR) is 106 cm³/mol. The van der Waals surface area contributed by atoms with Crippen LogP contribution in [-0.4, -0.2) is 43.4 Å². The van der Waals surface area contributed by atoms with Gasteiger partial charge in [-0.3, -0.25) is 4.79 Å². The SMILES string of the molecule is CCN(CC)S(=O)(=O)c1ccc(O)c(NC(=O)Cc2ccc3c(c2)CCO3)c1. The van der Waals surface area contributed by atoms with Gasteiger partial charge in [0.15, 0.2) is 0 Å². The number of hydrogen-bond acceptors (Lipinski definition) is 5. The summed E-state index contributed by atoms with van der Waals surface area (Å²) in [5, 5.41) is 12.7. The zero-order chi connectivity index (χ0) is 20.3. The molecule has 0 atom stereocenters. The maximum Gasteiger partial charge on any atom is 0.243 e. The number of fused-ring (bicyclic) bond motifs is 1. The number of phenols is 1. The minimum absolute atomic E-state index is 0.0268. The highest BCUT2D eigenvalue weighted by molar-refractivity contribution is 7.89. The number of amides is 1. The molecule has 0 unspecified atom stereocenters. The Morgan fingerprint density at radius 1 is 1.18 bits per heavy atom. The van der Waals surface area contributed by atoms with Crippen molar-refractivity contribution in [2.24, 2.45) is 0 Å². The molecule has 0 spiro atoms. The lowest BCUT2D eigenvalue weighted by Gasteiger charge is -2.19. The van der Waals surface area contributed by atoms with Gasteiger partial charge in [0, 0.05) is 19.5 Å². The van der Waals surface area contributed by atoms with E-state index in [0.717, 1.165) is 23.3 Å². The first kappa shape index (κ1) is 20.2. The molecule has 1 aliphatic heterocycles. The van der Waals surface area contributed by atoms with E-state index in [1.165, 1.54) is 22.5 Å². The molecule has 0 saturated heterocycles. The Bertz CT molecular complexity index is 984. The molecule has 1 heterocycles. The second-order valence-electron chi connectivity index (χ2n) is 6.53. The van der Waals surface area contributed by atoms with Crippen molar-refractivity contribution in [1.82, 2.24) is 4.31 Å². The normalized spacial score (nSPS) is 13.2. The van der Waals surface area contributed by atoms with Crippen molar-refractivity contribution < 1.29 is 23.1 Å². The predicted octanol–water partition coefficient (Wildman–Crippen LogP) is 2.54. The van der Waals surface area contributed by atoms with E-state index >= 15 is 0 Å². The highest BCUT2D eigenvalue weighted by Gasteiger charge is 2.23. The van der Waals surface area contributed by atoms with Crippen LogP contribution < -0.4 is 10.1 Å². The van der Waals surface area contributed by atoms with Crippen LogP contribution in [0, 0.1) is 0 Å². The average molecular weight is 404 g/mol. The number of aromatic hydroxyl groups is 1. The van der Waals surface area contributed by atoms with E-state index in [0.29, 0.717) is 19.7 Å². The second kappa shape index (κ2) is 8.20. The van der Waals surface area contributed by atoms with E-state index in [9.17, 15) is 18.3 Å². The van der Waals surface area contributed by atoms with E-state index < -0.39 is 10.0 Å². The fourth-order valence-corrected chi connectivity index (χ4v) is 4.70. The zero-order valence-electron chi connectivity index (χ0n) is 15.9. The number of rotatable bonds is 7. The summed E-state index contributed by atoms with van der Waals surface area (Å²) in [6.07, 6.45) is 0.927. The van der Waals surface area contributed by atoms with Gasteiger partial charge in [0.1, 0.15) is 11.5 Å². The fraction of sp³-hybridized carbons (Fsp3) is 0.350. The van der Waals surface area contributed by atoms with Crippen molar-refractivity contribution >= 4 is 21.6 Å². The van der Waals surface area contributed by atoms with Crippen LogP contribution in [0.2, 0.25) is 0 Å². The van der Waals surface area contributed by atoms with E-state index in [2.05, 4.69) is 5.32 Å². The summed E-state index contributed by atoms with van der Waals surface area (Å²) in [6.45, 7) is 4.83. The zero-order valence-corrected chi connectivity index (χ0v) is 16.8. The van der Waals surface area contributed by atoms with E-state index in [1.807, 2.05) is 18.2 Å². The van der Waals surface area contributed by atoms with Crippen LogP contribution in [0.5, 0.6) is 11.5 Å². The number of nitrogens with one attached hydrogen (secondary N) is 1. The largest absolute Gasteiger partial charge is 0.506 e. The van der Waals surface area contributed by atoms with Gasteiger partial charge in [-0.15, -0.1) is 0 Å². The molecule has 0 aliphatic carbocycles. The highest BCUT2D eigenvalue weighted by atomic mass is 32.2. The van der Waals surface area contributed by atoms with Gasteiger partial charge in [0.25, 0.3) is 0 Å². The number of benzene rings is 2. The molecule has 28 heavy (non-hydrogen) atoms. The summed E-state index contributed by atoms with van der Waals surface area (Å²) in [5.41, 5.74) is 1.97. The molecule has 1 amide bonds. The number of carbonyl (C=O) groups is 1. The van der Waals surface area contributed by atoms with Crippen molar-refractivity contribution in [2.75, 3.05) is 25.0 Å². The van der Waals surface area contributed by atoms with Crippen LogP contribution in [-0.2, 0) is 27.7 Å². The van der Waals surface area contributed by atoms with Crippen LogP contribution >= 0.6 is 0 Å². The highest BCUT2D eigenvalue weighted by Crippen LogP contribution is 2.29. The molecule has 0 aromatic heterocycles. The van der Waals surface area contributed by atoms with Crippen LogP contribution in [0.1, 0.15) is 25.0 Å². The van der Waals surface area contributed by atoms with E-state index in [4.69, 9.17) is 4.74 Å². The van der Waals surface area contributed by atoms with Gasteiger partial charge in [-0.25, -0.2) is 8.42 Å². The van der Waals surface area contributed by atoms with Crippen LogP contribution in [0.25, 0.3) is 0 Å². The first-order chi connectivity index (χ1) is 13.3. The standard InChI is InChI=1S/C20H24N2O5S/c1-3-22(4-2)28(25,26)16-6-7-18(23)17(13-16)21-20(24)12-14-5-8-19-15(11-14)9-10-27-19/h5-8,11,13,23H,3-4,9-10,12H2,1-2H3,(H,21,24). The Balaban J connectivity index is 1.77. The van der Waals surface area contributed by atoms with Crippen LogP contribution in [0.4, 0.5) is 5.69 Å². The molecule has 150 valence electrons. The van der Waals surface area contributed by atoms with Gasteiger partial charge >= 0.3 is 0 Å². The van der Waals surface area contributed by atoms with Gasteiger partial charge in [-0.1, -0.05) is 26.0 Å². The third kappa shape index (κ3) is 4.13. The number of hydrogen-bond donors (Lipinski definition) is 2. The Hall–Kier alpha value is -2.58. The smallest absolute Gasteiger partial charge is 0.243 e. The molecule has 2 aromatic rings. The Labute approximate surface area is 165 Å². The lowest BCUT2D eigenvalue weighted by Crippen LogP contribution is -2.30. The quantitative estimate of drug-likeness (QED) is 0.692. The number of nitrogens with zero attached hydrogens (tertiary/aromatic N) is 1. The molecule has 3 rings (SSSR count). The maximum absolute atomic E-state index is 12.7. The van der Waals surface area contributed by atoms with Crippen molar-refractivity contribution in [3.63, 3.8) is 0 Å². The summed E-state index contributed by atoms with van der Waals surface area (Å²) in [4.78, 5) is 12.5. The topological polar surface area (TPSA) is 95.9 Å². The number of anilines is 1. The van der Waals surface area contributed by atoms with Crippen molar-refractivity contribution in [2.45, 2.75) is 31.6 Å². The maximum atomic E-state index is 12.7. The molecule has 0 fully saturated rings. The molecule has 1 aliphatic rings. The van der Waals surface area contributed by atoms with Gasteiger partial charge < -0.3 is 15.2 Å². The van der Waals surface area contributed by atoms with E-state index in [-0.39, 0.29) is 28.7 Å². The second-order valence-corrected chi connectivity index (χ2v) is 8.47. The summed E-state index contributed by atoms with van der Waals surface area (Å²) in [7, 11) is -3.68. The molecule has 2 N–H and O–H groups in total. The number of carbonyl (C=O) groups excluding carboxylic acids is 1. The molecule has 8 heteroatoms. The Kier molecular flexibility index (Phi) is 5.90. The number of sulfonamides is 1. The van der Waals surface area contributed by atoms with Crippen molar-refractivity contribution in [1.29, 1.82) is 0 Å². The van der Waals surface area contributed by atoms with Gasteiger partial charge in [-0.05, 0) is 35.4 Å². The molecule has 0 radical (unpaired) electrons. The fourth-order valence-electron chi connectivity index (χ4n) is 3.22. The third-order valence-corrected chi connectivity index (χ3v) is 6.75. The van der Waals surface area contributed by atoms with Crippen LogP contribution in [0.3, 0.4) is 0 Å². The van der Waals surface area contributed by atoms with Crippen molar-refractivity contribution in [3.8, 4) is 11.5 Å². The Morgan fingerprint density at radius 3 is 2.64 bits per heavy atom. The number of ether oxygens (including phenoxy) is 1. The molecule has 0 bridgehead atoms. The molecular weight excluding hydrogens is 380 g/mol. The van der Waals surface area contributed by atoms with Gasteiger partial charge in [0.2, 0.25) is 15.9 Å². The number of phenolic OH excluding ortho intramolecular Hbond substituents is 1. The summed E-state index contributed by atoms with van der Waals surface area (Å²) >= 11 is 0. The first-order valence-electron chi connectivity index (χ1n) is 9.22. The summed E-state index contributed by atoms with van der Waals surface area (Å²) in [5.74, 6) is 0.317.